The zero-order valence-corrected chi connectivity index (χ0v) is 8.16. The highest BCUT2D eigenvalue weighted by molar-refractivity contribution is 7.45. The molecule has 15 heavy (non-hydrogen) atoms. The zero-order chi connectivity index (χ0) is 13.2. The van der Waals surface area contributed by atoms with E-state index < -0.39 is 25.7 Å². The van der Waals surface area contributed by atoms with Crippen molar-refractivity contribution in [1.29, 1.82) is 0 Å². The smallest absolute Gasteiger partial charge is 0.466 e. The van der Waals surface area contributed by atoms with Crippen LogP contribution < -0.4 is 0 Å². The quantitative estimate of drug-likeness (QED) is 0.213. The minimum atomic E-state index is -4.64. The van der Waals surface area contributed by atoms with E-state index in [0.717, 1.165) is 6.92 Å². The summed E-state index contributed by atoms with van der Waals surface area (Å²) in [5.41, 5.74) is 0. The lowest BCUT2D eigenvalue weighted by Gasteiger charge is -1.82. The summed E-state index contributed by atoms with van der Waals surface area (Å²) in [6, 6.07) is 0. The maximum Gasteiger partial charge on any atom is 0.466 e. The number of carbonyl (C=O) groups is 3. The first-order valence-corrected chi connectivity index (χ1v) is 4.38. The van der Waals surface area contributed by atoms with E-state index in [4.69, 9.17) is 48.9 Å². The minimum Gasteiger partial charge on any atom is -0.481 e. The second kappa shape index (κ2) is 9.09. The van der Waals surface area contributed by atoms with Gasteiger partial charge in [0.15, 0.2) is 0 Å². The predicted octanol–water partition coefficient (Wildman–Crippen LogP) is -1.68. The Morgan fingerprint density at radius 3 is 0.933 bits per heavy atom. The first-order valence-electron chi connectivity index (χ1n) is 2.82. The summed E-state index contributed by atoms with van der Waals surface area (Å²) in [5, 5.41) is 22.2. The van der Waals surface area contributed by atoms with Gasteiger partial charge in [-0.05, 0) is 0 Å². The van der Waals surface area contributed by atoms with Crippen molar-refractivity contribution < 1.29 is 48.9 Å². The van der Waals surface area contributed by atoms with Crippen LogP contribution in [-0.2, 0) is 18.9 Å². The Morgan fingerprint density at radius 1 is 0.867 bits per heavy atom. The lowest BCUT2D eigenvalue weighted by atomic mass is 10.7. The Bertz CT molecular complexity index is 238. The van der Waals surface area contributed by atoms with Gasteiger partial charge in [0, 0.05) is 6.92 Å². The van der Waals surface area contributed by atoms with Gasteiger partial charge < -0.3 is 30.0 Å². The van der Waals surface area contributed by atoms with Crippen LogP contribution in [0.2, 0.25) is 0 Å². The molecule has 11 heteroatoms. The average molecular weight is 248 g/mol. The van der Waals surface area contributed by atoms with Crippen molar-refractivity contribution >= 4 is 25.7 Å². The second-order valence-corrected chi connectivity index (χ2v) is 2.67. The van der Waals surface area contributed by atoms with Gasteiger partial charge in [0.2, 0.25) is 0 Å². The summed E-state index contributed by atoms with van der Waals surface area (Å²) in [5.74, 6) is -4.48. The molecule has 0 aliphatic heterocycles. The van der Waals surface area contributed by atoms with Crippen LogP contribution in [0.3, 0.4) is 0 Å². The van der Waals surface area contributed by atoms with Crippen molar-refractivity contribution in [3.05, 3.63) is 0 Å². The van der Waals surface area contributed by atoms with E-state index in [0.29, 0.717) is 0 Å². The summed E-state index contributed by atoms with van der Waals surface area (Å²) in [6.07, 6.45) is 0. The van der Waals surface area contributed by atoms with Crippen LogP contribution in [0, 0.1) is 0 Å². The highest BCUT2D eigenvalue weighted by Gasteiger charge is 2.04. The molecule has 10 nitrogen and oxygen atoms in total. The van der Waals surface area contributed by atoms with Crippen LogP contribution in [0.5, 0.6) is 0 Å². The lowest BCUT2D eigenvalue weighted by Crippen LogP contribution is -2.09. The largest absolute Gasteiger partial charge is 0.481 e. The van der Waals surface area contributed by atoms with Gasteiger partial charge in [-0.25, -0.2) is 14.2 Å². The normalized spacial score (nSPS) is 8.53. The fourth-order valence-electron chi connectivity index (χ4n) is 0. The molecule has 0 aliphatic carbocycles. The van der Waals surface area contributed by atoms with Crippen LogP contribution in [0.4, 0.5) is 0 Å². The molecule has 0 atom stereocenters. The van der Waals surface area contributed by atoms with Crippen molar-refractivity contribution in [2.75, 3.05) is 0 Å². The summed E-state index contributed by atoms with van der Waals surface area (Å²) >= 11 is 0. The first kappa shape index (κ1) is 19.1. The molecule has 90 valence electrons. The number of aliphatic carboxylic acids is 3. The van der Waals surface area contributed by atoms with Crippen molar-refractivity contribution in [3.63, 3.8) is 0 Å². The SMILES string of the molecule is CC(=O)O.O=C(O)C(=O)O.O=P(O)(O)O. The van der Waals surface area contributed by atoms with E-state index >= 15 is 0 Å². The fraction of sp³-hybridized carbons (Fsp3) is 0.250. The molecule has 0 aromatic carbocycles. The molecule has 0 aromatic heterocycles. The number of hydrogen-bond acceptors (Lipinski definition) is 4. The predicted molar refractivity (Wildman–Crippen MR) is 42.8 cm³/mol. The Balaban J connectivity index is -0.000000147. The van der Waals surface area contributed by atoms with Crippen molar-refractivity contribution in [2.24, 2.45) is 0 Å². The molecule has 0 fully saturated rings. The Labute approximate surface area is 82.6 Å². The molecule has 0 aliphatic rings. The van der Waals surface area contributed by atoms with E-state index in [2.05, 4.69) is 0 Å². The molecule has 0 saturated carbocycles. The van der Waals surface area contributed by atoms with E-state index in [1.807, 2.05) is 0 Å². The number of rotatable bonds is 0. The van der Waals surface area contributed by atoms with Crippen LogP contribution in [0.15, 0.2) is 0 Å². The number of phosphoric acid groups is 1. The molecule has 0 amide bonds. The highest BCUT2D eigenvalue weighted by atomic mass is 31.2. The third-order valence-corrected chi connectivity index (χ3v) is 0.183. The number of carboxylic acids is 3. The van der Waals surface area contributed by atoms with Crippen molar-refractivity contribution in [2.45, 2.75) is 6.92 Å². The first-order chi connectivity index (χ1) is 6.37. The van der Waals surface area contributed by atoms with Crippen LogP contribution >= 0.6 is 7.82 Å². The molecule has 0 aromatic rings. The Hall–Kier alpha value is -1.48. The van der Waals surface area contributed by atoms with Gasteiger partial charge in [0.1, 0.15) is 0 Å². The number of hydrogen-bond donors (Lipinski definition) is 6. The summed E-state index contributed by atoms with van der Waals surface area (Å²) < 4.78 is 8.88. The Morgan fingerprint density at radius 2 is 0.933 bits per heavy atom. The molecular formula is C4H9O10P. The monoisotopic (exact) mass is 248 g/mol. The average Bonchev–Trinajstić information content (AvgIpc) is 1.80. The van der Waals surface area contributed by atoms with Gasteiger partial charge in [-0.3, -0.25) is 4.79 Å². The standard InChI is InChI=1S/C2H2O4.C2H4O2.H3O4P/c3-1(4)2(5)6;1-2(3)4;1-5(2,3)4/h(H,3,4)(H,5,6);1H3,(H,3,4);(H3,1,2,3,4). The van der Waals surface area contributed by atoms with E-state index in [1.165, 1.54) is 0 Å². The Kier molecular flexibility index (Phi) is 11.6. The number of carboxylic acid groups (broad SMARTS) is 3. The maximum atomic E-state index is 9.10. The van der Waals surface area contributed by atoms with Crippen LogP contribution in [0.25, 0.3) is 0 Å². The third kappa shape index (κ3) is 218. The molecule has 6 N–H and O–H groups in total. The van der Waals surface area contributed by atoms with E-state index in [-0.39, 0.29) is 0 Å². The van der Waals surface area contributed by atoms with Gasteiger partial charge in [0.05, 0.1) is 0 Å². The zero-order valence-electron chi connectivity index (χ0n) is 7.26. The molecule has 0 heterocycles. The summed E-state index contributed by atoms with van der Waals surface area (Å²) in [4.78, 5) is 48.8. The molecule has 0 saturated heterocycles. The highest BCUT2D eigenvalue weighted by Crippen LogP contribution is 2.25. The molecule has 0 bridgehead atoms. The minimum absolute atomic E-state index is 0.833. The third-order valence-electron chi connectivity index (χ3n) is 0.183. The molecule has 0 radical (unpaired) electrons. The summed E-state index contributed by atoms with van der Waals surface area (Å²) in [6.45, 7) is 1.08. The van der Waals surface area contributed by atoms with Crippen LogP contribution in [-0.4, -0.2) is 47.9 Å². The topological polar surface area (TPSA) is 190 Å². The maximum absolute atomic E-state index is 9.10. The van der Waals surface area contributed by atoms with Crippen molar-refractivity contribution in [1.82, 2.24) is 0 Å². The molecule has 0 rings (SSSR count). The van der Waals surface area contributed by atoms with Gasteiger partial charge in [-0.15, -0.1) is 0 Å². The fourth-order valence-corrected chi connectivity index (χ4v) is 0. The molecule has 0 unspecified atom stereocenters. The van der Waals surface area contributed by atoms with Gasteiger partial charge in [-0.1, -0.05) is 0 Å². The molecular weight excluding hydrogens is 239 g/mol. The van der Waals surface area contributed by atoms with Crippen LogP contribution in [0.1, 0.15) is 6.92 Å². The van der Waals surface area contributed by atoms with Crippen molar-refractivity contribution in [3.8, 4) is 0 Å². The van der Waals surface area contributed by atoms with E-state index in [1.54, 1.807) is 0 Å². The van der Waals surface area contributed by atoms with E-state index in [9.17, 15) is 0 Å². The second-order valence-electron chi connectivity index (χ2n) is 1.64. The summed E-state index contributed by atoms with van der Waals surface area (Å²) in [7, 11) is -4.64. The van der Waals surface area contributed by atoms with Gasteiger partial charge >= 0.3 is 19.8 Å². The lowest BCUT2D eigenvalue weighted by molar-refractivity contribution is -0.159. The van der Waals surface area contributed by atoms with Gasteiger partial charge in [-0.2, -0.15) is 0 Å². The van der Waals surface area contributed by atoms with Gasteiger partial charge in [0.25, 0.3) is 5.97 Å². The molecule has 0 spiro atoms.